The highest BCUT2D eigenvalue weighted by molar-refractivity contribution is 5.94. The minimum Gasteiger partial charge on any atom is -0.452 e. The predicted octanol–water partition coefficient (Wildman–Crippen LogP) is 3.55. The summed E-state index contributed by atoms with van der Waals surface area (Å²) in [5.74, 6) is 2.21. The lowest BCUT2D eigenvalue weighted by atomic mass is 9.49. The van der Waals surface area contributed by atoms with Gasteiger partial charge in [-0.25, -0.2) is 4.68 Å². The quantitative estimate of drug-likeness (QED) is 0.816. The Hall–Kier alpha value is -1.85. The van der Waals surface area contributed by atoms with Crippen LogP contribution in [-0.2, 0) is 14.3 Å². The highest BCUT2D eigenvalue weighted by atomic mass is 16.5. The minimum absolute atomic E-state index is 0.144. The van der Waals surface area contributed by atoms with Crippen molar-refractivity contribution in [3.05, 3.63) is 12.3 Å². The third kappa shape index (κ3) is 3.03. The van der Waals surface area contributed by atoms with E-state index in [0.29, 0.717) is 23.6 Å². The number of nitrogens with zero attached hydrogens (tertiary/aromatic N) is 2. The molecule has 26 heavy (non-hydrogen) atoms. The molecule has 1 aromatic heterocycles. The van der Waals surface area contributed by atoms with Gasteiger partial charge in [0.25, 0.3) is 5.91 Å². The number of carbonyl (C=O) groups excluding carboxylic acids is 2. The van der Waals surface area contributed by atoms with Crippen LogP contribution in [0.1, 0.15) is 65.3 Å². The summed E-state index contributed by atoms with van der Waals surface area (Å²) >= 11 is 0. The van der Waals surface area contributed by atoms with Crippen LogP contribution in [0, 0.1) is 23.2 Å². The van der Waals surface area contributed by atoms with Crippen molar-refractivity contribution >= 4 is 17.7 Å². The molecule has 142 valence electrons. The Bertz CT molecular complexity index is 674. The summed E-state index contributed by atoms with van der Waals surface area (Å²) in [7, 11) is 0. The van der Waals surface area contributed by atoms with E-state index in [4.69, 9.17) is 4.74 Å². The molecule has 0 unspecified atom stereocenters. The predicted molar refractivity (Wildman–Crippen MR) is 97.4 cm³/mol. The summed E-state index contributed by atoms with van der Waals surface area (Å²) in [5.41, 5.74) is -0.330. The van der Waals surface area contributed by atoms with Gasteiger partial charge in [0.05, 0.1) is 11.6 Å². The van der Waals surface area contributed by atoms with Crippen LogP contribution in [0.15, 0.2) is 12.3 Å². The summed E-state index contributed by atoms with van der Waals surface area (Å²) in [6, 6.07) is 1.90. The van der Waals surface area contributed by atoms with Gasteiger partial charge in [-0.05, 0) is 77.0 Å². The first kappa shape index (κ1) is 17.6. The molecular weight excluding hydrogens is 330 g/mol. The van der Waals surface area contributed by atoms with Crippen molar-refractivity contribution < 1.29 is 14.3 Å². The Balaban J connectivity index is 1.40. The Morgan fingerprint density at radius 1 is 1.15 bits per heavy atom. The molecular formula is C20H29N3O3. The van der Waals surface area contributed by atoms with Gasteiger partial charge in [-0.2, -0.15) is 5.10 Å². The van der Waals surface area contributed by atoms with Crippen molar-refractivity contribution in [2.45, 2.75) is 71.4 Å². The number of aromatic nitrogens is 2. The van der Waals surface area contributed by atoms with Crippen molar-refractivity contribution in [1.29, 1.82) is 0 Å². The molecule has 0 aromatic carbocycles. The molecule has 1 aromatic rings. The number of esters is 1. The summed E-state index contributed by atoms with van der Waals surface area (Å²) in [4.78, 5) is 25.5. The van der Waals surface area contributed by atoms with Gasteiger partial charge in [-0.3, -0.25) is 9.59 Å². The fourth-order valence-electron chi connectivity index (χ4n) is 5.75. The summed E-state index contributed by atoms with van der Waals surface area (Å²) in [6.07, 6.45) is 7.55. The molecule has 5 rings (SSSR count). The van der Waals surface area contributed by atoms with E-state index in [1.807, 2.05) is 13.8 Å². The van der Waals surface area contributed by atoms with Gasteiger partial charge < -0.3 is 10.1 Å². The zero-order valence-corrected chi connectivity index (χ0v) is 15.9. The molecule has 4 bridgehead atoms. The fraction of sp³-hybridized carbons (Fsp3) is 0.750. The molecule has 4 aliphatic rings. The maximum atomic E-state index is 13.0. The molecule has 4 aliphatic carbocycles. The normalized spacial score (nSPS) is 33.3. The lowest BCUT2D eigenvalue weighted by molar-refractivity contribution is -0.177. The summed E-state index contributed by atoms with van der Waals surface area (Å²) in [5, 5.41) is 7.05. The van der Waals surface area contributed by atoms with Gasteiger partial charge in [0.1, 0.15) is 5.82 Å². The van der Waals surface area contributed by atoms with Crippen LogP contribution < -0.4 is 5.32 Å². The number of anilines is 1. The number of rotatable bonds is 5. The molecule has 4 fully saturated rings. The Morgan fingerprint density at radius 3 is 2.27 bits per heavy atom. The number of carbonyl (C=O) groups is 2. The molecule has 4 saturated carbocycles. The van der Waals surface area contributed by atoms with Crippen LogP contribution in [0.25, 0.3) is 0 Å². The first-order valence-electron chi connectivity index (χ1n) is 9.92. The second-order valence-corrected chi connectivity index (χ2v) is 8.99. The minimum atomic E-state index is -0.800. The van der Waals surface area contributed by atoms with Gasteiger partial charge in [0.15, 0.2) is 6.10 Å². The lowest BCUT2D eigenvalue weighted by Crippen LogP contribution is -2.51. The summed E-state index contributed by atoms with van der Waals surface area (Å²) < 4.78 is 7.41. The highest BCUT2D eigenvalue weighted by Gasteiger charge is 2.55. The number of hydrogen-bond acceptors (Lipinski definition) is 4. The van der Waals surface area contributed by atoms with Crippen LogP contribution >= 0.6 is 0 Å². The zero-order chi connectivity index (χ0) is 18.5. The zero-order valence-electron chi connectivity index (χ0n) is 15.9. The third-order valence-corrected chi connectivity index (χ3v) is 6.53. The van der Waals surface area contributed by atoms with E-state index in [2.05, 4.69) is 10.4 Å². The van der Waals surface area contributed by atoms with Crippen molar-refractivity contribution in [3.63, 3.8) is 0 Å². The average molecular weight is 359 g/mol. The SMILES string of the molecule is CC(C)n1nccc1NC(=O)[C@H](C)OC(=O)C12CC3CC(CC(C3)C1)C2. The van der Waals surface area contributed by atoms with Crippen molar-refractivity contribution in [1.82, 2.24) is 9.78 Å². The van der Waals surface area contributed by atoms with Gasteiger partial charge >= 0.3 is 5.97 Å². The van der Waals surface area contributed by atoms with E-state index in [0.717, 1.165) is 19.3 Å². The molecule has 1 N–H and O–H groups in total. The number of hydrogen-bond donors (Lipinski definition) is 1. The fourth-order valence-corrected chi connectivity index (χ4v) is 5.75. The second-order valence-electron chi connectivity index (χ2n) is 8.99. The first-order valence-corrected chi connectivity index (χ1v) is 9.92. The van der Waals surface area contributed by atoms with E-state index >= 15 is 0 Å². The number of amides is 1. The monoisotopic (exact) mass is 359 g/mol. The molecule has 6 nitrogen and oxygen atoms in total. The third-order valence-electron chi connectivity index (χ3n) is 6.53. The van der Waals surface area contributed by atoms with E-state index < -0.39 is 6.10 Å². The van der Waals surface area contributed by atoms with E-state index in [1.54, 1.807) is 23.9 Å². The second kappa shape index (κ2) is 6.39. The molecule has 1 heterocycles. The molecule has 0 spiro atoms. The van der Waals surface area contributed by atoms with Crippen molar-refractivity contribution in [2.24, 2.45) is 23.2 Å². The van der Waals surface area contributed by atoms with E-state index in [1.165, 1.54) is 19.3 Å². The van der Waals surface area contributed by atoms with Crippen LogP contribution in [0.4, 0.5) is 5.82 Å². The maximum absolute atomic E-state index is 13.0. The maximum Gasteiger partial charge on any atom is 0.312 e. The molecule has 1 amide bonds. The molecule has 0 aliphatic heterocycles. The number of nitrogens with one attached hydrogen (secondary N) is 1. The van der Waals surface area contributed by atoms with Gasteiger partial charge in [0, 0.05) is 12.1 Å². The standard InChI is InChI=1S/C20H29N3O3/c1-12(2)23-17(4-5-21-23)22-18(24)13(3)26-19(25)20-9-14-6-15(10-20)8-16(7-14)11-20/h4-5,12-16H,6-11H2,1-3H3,(H,22,24)/t13-,14?,15?,16?,20?/m0/s1. The van der Waals surface area contributed by atoms with E-state index in [-0.39, 0.29) is 23.3 Å². The largest absolute Gasteiger partial charge is 0.452 e. The van der Waals surface area contributed by atoms with Crippen LogP contribution in [0.3, 0.4) is 0 Å². The van der Waals surface area contributed by atoms with Crippen molar-refractivity contribution in [2.75, 3.05) is 5.32 Å². The smallest absolute Gasteiger partial charge is 0.312 e. The first-order chi connectivity index (χ1) is 12.4. The number of ether oxygens (including phenoxy) is 1. The van der Waals surface area contributed by atoms with Crippen LogP contribution in [-0.4, -0.2) is 27.8 Å². The van der Waals surface area contributed by atoms with E-state index in [9.17, 15) is 9.59 Å². The van der Waals surface area contributed by atoms with Crippen molar-refractivity contribution in [3.8, 4) is 0 Å². The van der Waals surface area contributed by atoms with Gasteiger partial charge in [-0.1, -0.05) is 0 Å². The molecule has 6 heteroatoms. The topological polar surface area (TPSA) is 73.2 Å². The average Bonchev–Trinajstić information content (AvgIpc) is 3.01. The Kier molecular flexibility index (Phi) is 4.32. The lowest BCUT2D eigenvalue weighted by Gasteiger charge is -2.55. The summed E-state index contributed by atoms with van der Waals surface area (Å²) in [6.45, 7) is 5.65. The highest BCUT2D eigenvalue weighted by Crippen LogP contribution is 2.60. The molecule has 0 radical (unpaired) electrons. The Labute approximate surface area is 154 Å². The van der Waals surface area contributed by atoms with Gasteiger partial charge in [-0.15, -0.1) is 0 Å². The Morgan fingerprint density at radius 2 is 1.73 bits per heavy atom. The van der Waals surface area contributed by atoms with Crippen LogP contribution in [0.5, 0.6) is 0 Å². The van der Waals surface area contributed by atoms with Crippen LogP contribution in [0.2, 0.25) is 0 Å². The molecule has 0 saturated heterocycles. The molecule has 1 atom stereocenters. The van der Waals surface area contributed by atoms with Gasteiger partial charge in [0.2, 0.25) is 0 Å².